The molecule has 2 rings (SSSR count). The van der Waals surface area contributed by atoms with E-state index in [-0.39, 0.29) is 6.03 Å². The van der Waals surface area contributed by atoms with Gasteiger partial charge in [0.15, 0.2) is 11.5 Å². The molecule has 2 aromatic rings. The van der Waals surface area contributed by atoms with Gasteiger partial charge in [0.05, 0.1) is 14.2 Å². The van der Waals surface area contributed by atoms with Crippen molar-refractivity contribution >= 4 is 11.7 Å². The van der Waals surface area contributed by atoms with Crippen molar-refractivity contribution in [1.82, 2.24) is 10.6 Å². The van der Waals surface area contributed by atoms with Crippen LogP contribution >= 0.6 is 0 Å². The van der Waals surface area contributed by atoms with E-state index in [1.165, 1.54) is 11.3 Å². The third kappa shape index (κ3) is 6.09. The lowest BCUT2D eigenvalue weighted by molar-refractivity contribution is 0.240. The summed E-state index contributed by atoms with van der Waals surface area (Å²) in [6.07, 6.45) is 0. The fraction of sp³-hybridized carbons (Fsp3) is 0.381. The molecule has 2 amide bonds. The molecule has 0 fully saturated rings. The number of hydrogen-bond acceptors (Lipinski definition) is 4. The average molecular weight is 371 g/mol. The molecule has 2 N–H and O–H groups in total. The van der Waals surface area contributed by atoms with Crippen LogP contribution in [-0.4, -0.2) is 39.9 Å². The maximum absolute atomic E-state index is 12.1. The lowest BCUT2D eigenvalue weighted by Gasteiger charge is -2.23. The van der Waals surface area contributed by atoms with E-state index in [9.17, 15) is 4.79 Å². The van der Waals surface area contributed by atoms with E-state index in [0.29, 0.717) is 24.6 Å². The Balaban J connectivity index is 1.79. The zero-order valence-corrected chi connectivity index (χ0v) is 16.5. The minimum absolute atomic E-state index is 0.190. The summed E-state index contributed by atoms with van der Waals surface area (Å²) in [7, 11) is 3.19. The summed E-state index contributed by atoms with van der Waals surface area (Å²) in [6.45, 7) is 6.82. The second-order valence-corrected chi connectivity index (χ2v) is 6.22. The number of methoxy groups -OCH3 is 2. The number of amides is 2. The van der Waals surface area contributed by atoms with Gasteiger partial charge in [0.25, 0.3) is 0 Å². The number of anilines is 1. The summed E-state index contributed by atoms with van der Waals surface area (Å²) in [5.74, 6) is 1.32. The number of ether oxygens (including phenoxy) is 2. The number of rotatable bonds is 9. The Hall–Kier alpha value is -2.89. The van der Waals surface area contributed by atoms with Gasteiger partial charge in [-0.15, -0.1) is 0 Å². The maximum Gasteiger partial charge on any atom is 0.315 e. The van der Waals surface area contributed by atoms with Gasteiger partial charge in [0.2, 0.25) is 0 Å². The quantitative estimate of drug-likeness (QED) is 0.710. The minimum atomic E-state index is -0.190. The molecule has 146 valence electrons. The predicted octanol–water partition coefficient (Wildman–Crippen LogP) is 3.34. The van der Waals surface area contributed by atoms with Crippen molar-refractivity contribution in [3.05, 3.63) is 53.6 Å². The molecule has 6 nitrogen and oxygen atoms in total. The molecule has 0 bridgehead atoms. The summed E-state index contributed by atoms with van der Waals surface area (Å²) in [5, 5.41) is 5.77. The number of benzene rings is 2. The summed E-state index contributed by atoms with van der Waals surface area (Å²) in [4.78, 5) is 14.3. The van der Waals surface area contributed by atoms with Crippen molar-refractivity contribution in [3.63, 3.8) is 0 Å². The Kier molecular flexibility index (Phi) is 7.79. The van der Waals surface area contributed by atoms with Crippen LogP contribution in [0.2, 0.25) is 0 Å². The fourth-order valence-corrected chi connectivity index (χ4v) is 2.83. The highest BCUT2D eigenvalue weighted by Crippen LogP contribution is 2.27. The molecule has 6 heteroatoms. The van der Waals surface area contributed by atoms with Crippen LogP contribution in [0.25, 0.3) is 0 Å². The van der Waals surface area contributed by atoms with Crippen LogP contribution in [0, 0.1) is 6.92 Å². The lowest BCUT2D eigenvalue weighted by Crippen LogP contribution is -2.40. The van der Waals surface area contributed by atoms with Crippen LogP contribution in [0.5, 0.6) is 11.5 Å². The third-order valence-corrected chi connectivity index (χ3v) is 4.32. The number of carbonyl (C=O) groups is 1. The zero-order chi connectivity index (χ0) is 19.6. The van der Waals surface area contributed by atoms with Gasteiger partial charge < -0.3 is 25.0 Å². The average Bonchev–Trinajstić information content (AvgIpc) is 2.69. The number of urea groups is 1. The van der Waals surface area contributed by atoms with Crippen molar-refractivity contribution in [2.75, 3.05) is 38.8 Å². The second kappa shape index (κ2) is 10.3. The lowest BCUT2D eigenvalue weighted by atomic mass is 10.2. The van der Waals surface area contributed by atoms with Crippen LogP contribution in [0.3, 0.4) is 0 Å². The predicted molar refractivity (Wildman–Crippen MR) is 109 cm³/mol. The summed E-state index contributed by atoms with van der Waals surface area (Å²) >= 11 is 0. The first-order valence-electron chi connectivity index (χ1n) is 9.11. The van der Waals surface area contributed by atoms with E-state index in [2.05, 4.69) is 53.6 Å². The highest BCUT2D eigenvalue weighted by Gasteiger charge is 2.07. The Morgan fingerprint density at radius 2 is 1.81 bits per heavy atom. The molecule has 0 aliphatic heterocycles. The van der Waals surface area contributed by atoms with Gasteiger partial charge >= 0.3 is 6.03 Å². The first-order valence-corrected chi connectivity index (χ1v) is 9.11. The Labute approximate surface area is 161 Å². The van der Waals surface area contributed by atoms with E-state index in [1.807, 2.05) is 18.2 Å². The molecule has 0 spiro atoms. The number of likely N-dealkylation sites (N-methyl/N-ethyl adjacent to an activating group) is 1. The zero-order valence-electron chi connectivity index (χ0n) is 16.5. The van der Waals surface area contributed by atoms with Crippen molar-refractivity contribution in [2.45, 2.75) is 20.4 Å². The van der Waals surface area contributed by atoms with Gasteiger partial charge in [-0.05, 0) is 49.2 Å². The van der Waals surface area contributed by atoms with Crippen molar-refractivity contribution < 1.29 is 14.3 Å². The molecule has 2 aromatic carbocycles. The van der Waals surface area contributed by atoms with Gasteiger partial charge in [-0.2, -0.15) is 0 Å². The standard InChI is InChI=1S/C21H29N3O3/c1-5-24(18-8-6-7-16(2)13-18)12-11-22-21(25)23-15-17-9-10-19(26-3)20(14-17)27-4/h6-10,13-14H,5,11-12,15H2,1-4H3,(H2,22,23,25). The molecule has 0 aliphatic carbocycles. The van der Waals surface area contributed by atoms with Gasteiger partial charge in [0.1, 0.15) is 0 Å². The van der Waals surface area contributed by atoms with Gasteiger partial charge in [-0.3, -0.25) is 0 Å². The van der Waals surface area contributed by atoms with E-state index in [0.717, 1.165) is 18.7 Å². The number of nitrogens with zero attached hydrogens (tertiary/aromatic N) is 1. The normalized spacial score (nSPS) is 10.2. The van der Waals surface area contributed by atoms with Crippen molar-refractivity contribution in [1.29, 1.82) is 0 Å². The molecule has 0 radical (unpaired) electrons. The van der Waals surface area contributed by atoms with Crippen molar-refractivity contribution in [3.8, 4) is 11.5 Å². The maximum atomic E-state index is 12.1. The molecule has 0 atom stereocenters. The minimum Gasteiger partial charge on any atom is -0.493 e. The van der Waals surface area contributed by atoms with E-state index in [4.69, 9.17) is 9.47 Å². The fourth-order valence-electron chi connectivity index (χ4n) is 2.83. The molecule has 0 aliphatic rings. The summed E-state index contributed by atoms with van der Waals surface area (Å²) in [6, 6.07) is 13.8. The molecule has 0 saturated carbocycles. The first kappa shape index (κ1) is 20.4. The van der Waals surface area contributed by atoms with Gasteiger partial charge in [-0.1, -0.05) is 18.2 Å². The number of nitrogens with one attached hydrogen (secondary N) is 2. The molecule has 0 saturated heterocycles. The van der Waals surface area contributed by atoms with E-state index < -0.39 is 0 Å². The third-order valence-electron chi connectivity index (χ3n) is 4.32. The van der Waals surface area contributed by atoms with Crippen LogP contribution in [0.4, 0.5) is 10.5 Å². The Bertz CT molecular complexity index is 749. The topological polar surface area (TPSA) is 62.8 Å². The smallest absolute Gasteiger partial charge is 0.315 e. The van der Waals surface area contributed by atoms with E-state index >= 15 is 0 Å². The largest absolute Gasteiger partial charge is 0.493 e. The second-order valence-electron chi connectivity index (χ2n) is 6.22. The first-order chi connectivity index (χ1) is 13.1. The molecular weight excluding hydrogens is 342 g/mol. The Morgan fingerprint density at radius 1 is 1.04 bits per heavy atom. The molecular formula is C21H29N3O3. The van der Waals surface area contributed by atoms with Crippen LogP contribution in [0.15, 0.2) is 42.5 Å². The molecule has 0 unspecified atom stereocenters. The molecule has 27 heavy (non-hydrogen) atoms. The van der Waals surface area contributed by atoms with Gasteiger partial charge in [0, 0.05) is 31.9 Å². The Morgan fingerprint density at radius 3 is 2.48 bits per heavy atom. The van der Waals surface area contributed by atoms with E-state index in [1.54, 1.807) is 14.2 Å². The number of hydrogen-bond donors (Lipinski definition) is 2. The number of aryl methyl sites for hydroxylation is 1. The van der Waals surface area contributed by atoms with Crippen molar-refractivity contribution in [2.24, 2.45) is 0 Å². The van der Waals surface area contributed by atoms with Gasteiger partial charge in [-0.25, -0.2) is 4.79 Å². The SMILES string of the molecule is CCN(CCNC(=O)NCc1ccc(OC)c(OC)c1)c1cccc(C)c1. The highest BCUT2D eigenvalue weighted by atomic mass is 16.5. The van der Waals surface area contributed by atoms with Crippen LogP contribution in [-0.2, 0) is 6.54 Å². The van der Waals surface area contributed by atoms with Crippen LogP contribution < -0.4 is 25.0 Å². The monoisotopic (exact) mass is 371 g/mol. The summed E-state index contributed by atoms with van der Waals surface area (Å²) < 4.78 is 10.5. The molecule has 0 heterocycles. The highest BCUT2D eigenvalue weighted by molar-refractivity contribution is 5.73. The van der Waals surface area contributed by atoms with Crippen LogP contribution in [0.1, 0.15) is 18.1 Å². The number of carbonyl (C=O) groups excluding carboxylic acids is 1. The summed E-state index contributed by atoms with van der Waals surface area (Å²) in [5.41, 5.74) is 3.34. The molecule has 0 aromatic heterocycles.